The molecule has 2 rings (SSSR count). The van der Waals surface area contributed by atoms with Crippen LogP contribution in [0.2, 0.25) is 10.0 Å². The number of hydrogen-bond donors (Lipinski definition) is 1. The molecule has 0 radical (unpaired) electrons. The van der Waals surface area contributed by atoms with E-state index in [1.807, 2.05) is 19.9 Å². The Morgan fingerprint density at radius 3 is 2.50 bits per heavy atom. The van der Waals surface area contributed by atoms with Crippen LogP contribution < -0.4 is 5.32 Å². The molecule has 20 heavy (non-hydrogen) atoms. The van der Waals surface area contributed by atoms with Crippen LogP contribution in [0, 0.1) is 12.7 Å². The smallest absolute Gasteiger partial charge is 0.123 e. The lowest BCUT2D eigenvalue weighted by molar-refractivity contribution is 0.610. The zero-order valence-electron chi connectivity index (χ0n) is 11.4. The van der Waals surface area contributed by atoms with Gasteiger partial charge in [0.2, 0.25) is 0 Å². The summed E-state index contributed by atoms with van der Waals surface area (Å²) in [4.78, 5) is 0. The SMILES string of the molecule is CCNC(c1ccc(F)cc1C)c1cc(Cl)ccc1Cl. The van der Waals surface area contributed by atoms with Crippen molar-refractivity contribution in [3.63, 3.8) is 0 Å². The molecule has 2 aromatic rings. The first kappa shape index (κ1) is 15.3. The minimum Gasteiger partial charge on any atom is -0.306 e. The predicted molar refractivity (Wildman–Crippen MR) is 83.1 cm³/mol. The van der Waals surface area contributed by atoms with Crippen molar-refractivity contribution >= 4 is 23.2 Å². The fraction of sp³-hybridized carbons (Fsp3) is 0.250. The van der Waals surface area contributed by atoms with Gasteiger partial charge >= 0.3 is 0 Å². The van der Waals surface area contributed by atoms with Gasteiger partial charge in [-0.15, -0.1) is 0 Å². The minimum atomic E-state index is -0.237. The molecule has 0 bridgehead atoms. The van der Waals surface area contributed by atoms with Gasteiger partial charge in [0, 0.05) is 10.0 Å². The Hall–Kier alpha value is -1.09. The first-order chi connectivity index (χ1) is 9.52. The molecule has 0 heterocycles. The average molecular weight is 312 g/mol. The van der Waals surface area contributed by atoms with Gasteiger partial charge in [-0.05, 0) is 60.5 Å². The second-order valence-electron chi connectivity index (χ2n) is 4.66. The zero-order valence-corrected chi connectivity index (χ0v) is 12.9. The van der Waals surface area contributed by atoms with Crippen LogP contribution in [0.3, 0.4) is 0 Å². The number of halogens is 3. The monoisotopic (exact) mass is 311 g/mol. The maximum Gasteiger partial charge on any atom is 0.123 e. The molecule has 0 spiro atoms. The number of hydrogen-bond acceptors (Lipinski definition) is 1. The van der Waals surface area contributed by atoms with Gasteiger partial charge in [-0.2, -0.15) is 0 Å². The average Bonchev–Trinajstić information content (AvgIpc) is 2.40. The van der Waals surface area contributed by atoms with E-state index in [0.29, 0.717) is 10.0 Å². The molecule has 0 aliphatic heterocycles. The summed E-state index contributed by atoms with van der Waals surface area (Å²) in [6.45, 7) is 4.68. The Labute approximate surface area is 128 Å². The van der Waals surface area contributed by atoms with Crippen LogP contribution in [0.15, 0.2) is 36.4 Å². The highest BCUT2D eigenvalue weighted by Crippen LogP contribution is 2.32. The van der Waals surface area contributed by atoms with Gasteiger partial charge in [-0.25, -0.2) is 4.39 Å². The van der Waals surface area contributed by atoms with Crippen molar-refractivity contribution in [2.45, 2.75) is 19.9 Å². The van der Waals surface area contributed by atoms with Crippen LogP contribution in [-0.2, 0) is 0 Å². The summed E-state index contributed by atoms with van der Waals surface area (Å²) < 4.78 is 13.3. The van der Waals surface area contributed by atoms with Crippen molar-refractivity contribution in [1.29, 1.82) is 0 Å². The first-order valence-corrected chi connectivity index (χ1v) is 7.23. The van der Waals surface area contributed by atoms with E-state index in [1.54, 1.807) is 18.2 Å². The Balaban J connectivity index is 2.53. The maximum absolute atomic E-state index is 13.3. The van der Waals surface area contributed by atoms with Gasteiger partial charge in [0.25, 0.3) is 0 Å². The predicted octanol–water partition coefficient (Wildman–Crippen LogP) is 5.14. The third kappa shape index (κ3) is 3.32. The summed E-state index contributed by atoms with van der Waals surface area (Å²) in [6.07, 6.45) is 0. The van der Waals surface area contributed by atoms with E-state index in [4.69, 9.17) is 23.2 Å². The fourth-order valence-electron chi connectivity index (χ4n) is 2.29. The molecule has 0 aliphatic rings. The van der Waals surface area contributed by atoms with Crippen molar-refractivity contribution in [1.82, 2.24) is 5.32 Å². The summed E-state index contributed by atoms with van der Waals surface area (Å²) in [5, 5.41) is 4.65. The van der Waals surface area contributed by atoms with Gasteiger partial charge in [0.1, 0.15) is 5.82 Å². The second-order valence-corrected chi connectivity index (χ2v) is 5.50. The fourth-order valence-corrected chi connectivity index (χ4v) is 2.70. The second kappa shape index (κ2) is 6.57. The van der Waals surface area contributed by atoms with Crippen LogP contribution in [0.4, 0.5) is 4.39 Å². The third-order valence-electron chi connectivity index (χ3n) is 3.22. The van der Waals surface area contributed by atoms with Gasteiger partial charge in [0.05, 0.1) is 6.04 Å². The van der Waals surface area contributed by atoms with Crippen molar-refractivity contribution in [3.05, 3.63) is 69.0 Å². The molecule has 1 nitrogen and oxygen atoms in total. The molecule has 1 atom stereocenters. The molecule has 1 unspecified atom stereocenters. The highest BCUT2D eigenvalue weighted by molar-refractivity contribution is 6.33. The topological polar surface area (TPSA) is 12.0 Å². The van der Waals surface area contributed by atoms with Crippen LogP contribution in [0.1, 0.15) is 29.7 Å². The molecule has 0 aliphatic carbocycles. The molecule has 4 heteroatoms. The molecule has 0 saturated heterocycles. The van der Waals surface area contributed by atoms with Gasteiger partial charge in [-0.1, -0.05) is 36.2 Å². The maximum atomic E-state index is 13.3. The third-order valence-corrected chi connectivity index (χ3v) is 3.80. The van der Waals surface area contributed by atoms with Crippen LogP contribution >= 0.6 is 23.2 Å². The Morgan fingerprint density at radius 2 is 1.85 bits per heavy atom. The van der Waals surface area contributed by atoms with Crippen molar-refractivity contribution in [2.24, 2.45) is 0 Å². The standard InChI is InChI=1S/C16H16Cl2FN/c1-3-20-16(13-6-5-12(19)8-10(13)2)14-9-11(17)4-7-15(14)18/h4-9,16,20H,3H2,1-2H3. The molecule has 0 saturated carbocycles. The molecule has 0 aromatic heterocycles. The minimum absolute atomic E-state index is 0.105. The van der Waals surface area contributed by atoms with Crippen molar-refractivity contribution in [2.75, 3.05) is 6.54 Å². The van der Waals surface area contributed by atoms with E-state index in [-0.39, 0.29) is 11.9 Å². The number of benzene rings is 2. The largest absolute Gasteiger partial charge is 0.306 e. The van der Waals surface area contributed by atoms with E-state index < -0.39 is 0 Å². The lowest BCUT2D eigenvalue weighted by Crippen LogP contribution is -2.23. The molecule has 0 fully saturated rings. The summed E-state index contributed by atoms with van der Waals surface area (Å²) in [7, 11) is 0. The van der Waals surface area contributed by atoms with E-state index >= 15 is 0 Å². The number of rotatable bonds is 4. The highest BCUT2D eigenvalue weighted by Gasteiger charge is 2.18. The van der Waals surface area contributed by atoms with Crippen molar-refractivity contribution < 1.29 is 4.39 Å². The Morgan fingerprint density at radius 1 is 1.10 bits per heavy atom. The van der Waals surface area contributed by atoms with Crippen LogP contribution in [0.5, 0.6) is 0 Å². The molecular weight excluding hydrogens is 296 g/mol. The molecule has 0 amide bonds. The summed E-state index contributed by atoms with van der Waals surface area (Å²) in [6, 6.07) is 10.1. The van der Waals surface area contributed by atoms with Gasteiger partial charge < -0.3 is 5.32 Å². The molecule has 106 valence electrons. The zero-order chi connectivity index (χ0) is 14.7. The normalized spacial score (nSPS) is 12.4. The number of nitrogens with one attached hydrogen (secondary N) is 1. The molecule has 2 aromatic carbocycles. The summed E-state index contributed by atoms with van der Waals surface area (Å²) >= 11 is 12.4. The van der Waals surface area contributed by atoms with E-state index in [2.05, 4.69) is 5.32 Å². The highest BCUT2D eigenvalue weighted by atomic mass is 35.5. The van der Waals surface area contributed by atoms with E-state index in [1.165, 1.54) is 12.1 Å². The Bertz CT molecular complexity index is 613. The summed E-state index contributed by atoms with van der Waals surface area (Å²) in [5.74, 6) is -0.237. The molecular formula is C16H16Cl2FN. The van der Waals surface area contributed by atoms with E-state index in [0.717, 1.165) is 23.2 Å². The van der Waals surface area contributed by atoms with E-state index in [9.17, 15) is 4.39 Å². The Kier molecular flexibility index (Phi) is 5.03. The van der Waals surface area contributed by atoms with Crippen LogP contribution in [-0.4, -0.2) is 6.54 Å². The lowest BCUT2D eigenvalue weighted by atomic mass is 9.94. The summed E-state index contributed by atoms with van der Waals surface area (Å²) in [5.41, 5.74) is 2.78. The lowest BCUT2D eigenvalue weighted by Gasteiger charge is -2.22. The van der Waals surface area contributed by atoms with Crippen LogP contribution in [0.25, 0.3) is 0 Å². The number of aryl methyl sites for hydroxylation is 1. The van der Waals surface area contributed by atoms with Gasteiger partial charge in [0.15, 0.2) is 0 Å². The first-order valence-electron chi connectivity index (χ1n) is 6.47. The molecule has 1 N–H and O–H groups in total. The van der Waals surface area contributed by atoms with Gasteiger partial charge in [-0.3, -0.25) is 0 Å². The van der Waals surface area contributed by atoms with Crippen molar-refractivity contribution in [3.8, 4) is 0 Å². The quantitative estimate of drug-likeness (QED) is 0.824.